The number of nitrogen functional groups attached to an aromatic ring is 1. The van der Waals surface area contributed by atoms with Gasteiger partial charge in [-0.2, -0.15) is 14.0 Å². The number of pyridine rings is 5. The van der Waals surface area contributed by atoms with Crippen LogP contribution >= 0.6 is 58.0 Å². The zero-order valence-electron chi connectivity index (χ0n) is 76.9. The minimum Gasteiger partial charge on any atom is -0.870 e. The molecule has 0 spiro atoms. The second-order valence-corrected chi connectivity index (χ2v) is 32.2. The molecule has 0 saturated heterocycles. The molecule has 38 nitrogen and oxygen atoms in total. The van der Waals surface area contributed by atoms with E-state index in [1.165, 1.54) is 55.6 Å². The maximum Gasteiger partial charge on any atom is 1.00 e. The molecule has 15 rings (SSSR count). The Hall–Kier alpha value is -13.7. The van der Waals surface area contributed by atoms with Crippen LogP contribution in [-0.2, 0) is 32.0 Å². The monoisotopic (exact) mass is 1970 g/mol. The normalized spacial score (nSPS) is 10.2. The van der Waals surface area contributed by atoms with Gasteiger partial charge in [-0.15, -0.1) is 15.3 Å². The summed E-state index contributed by atoms with van der Waals surface area (Å²) in [4.78, 5) is 111. The number of tetrazole rings is 3. The number of ether oxygens (including phenoxy) is 3. The number of amides is 1. The predicted octanol–water partition coefficient (Wildman–Crippen LogP) is 13.0. The fourth-order valence-corrected chi connectivity index (χ4v) is 12.5. The maximum atomic E-state index is 13.1. The molecule has 10 aromatic heterocycles. The first-order valence-electron chi connectivity index (χ1n) is 40.6. The third-order valence-corrected chi connectivity index (χ3v) is 19.7. The van der Waals surface area contributed by atoms with Crippen molar-refractivity contribution in [2.75, 3.05) is 32.4 Å². The number of carbonyl (C=O) groups excluding carboxylic acids is 5. The van der Waals surface area contributed by atoms with E-state index in [1.54, 1.807) is 176 Å². The summed E-state index contributed by atoms with van der Waals surface area (Å²) >= 11 is 29.4. The molecule has 45 heteroatoms. The zero-order valence-corrected chi connectivity index (χ0v) is 82.7. The van der Waals surface area contributed by atoms with Crippen LogP contribution in [0.2, 0.25) is 25.1 Å². The molecule has 0 bridgehead atoms. The van der Waals surface area contributed by atoms with E-state index in [2.05, 4.69) is 101 Å². The number of hydrogen-bond acceptors (Lipinski definition) is 30. The number of nitrogens with one attached hydrogen (secondary N) is 1. The summed E-state index contributed by atoms with van der Waals surface area (Å²) in [7, 11) is 3.97. The third kappa shape index (κ3) is 33.6. The van der Waals surface area contributed by atoms with Gasteiger partial charge in [-0.25, -0.2) is 19.2 Å². The number of benzene rings is 5. The molecular weight excluding hydrogens is 1880 g/mol. The topological polar surface area (TPSA) is 550 Å². The van der Waals surface area contributed by atoms with Gasteiger partial charge < -0.3 is 52.6 Å². The quantitative estimate of drug-likeness (QED) is 0.00715. The molecule has 0 saturated carbocycles. The van der Waals surface area contributed by atoms with E-state index in [0.717, 1.165) is 39.5 Å². The van der Waals surface area contributed by atoms with Gasteiger partial charge in [0.05, 0.1) is 137 Å². The van der Waals surface area contributed by atoms with E-state index in [9.17, 15) is 33.9 Å². The molecule has 15 aromatic rings. The van der Waals surface area contributed by atoms with Gasteiger partial charge in [-0.1, -0.05) is 121 Å². The number of Topliss-reactive ketones (excluding diaryl/α,β-unsaturated/α-hetero) is 1. The molecule has 0 aliphatic rings. The van der Waals surface area contributed by atoms with Crippen LogP contribution in [0.1, 0.15) is 179 Å². The number of aromatic nitrogens is 21. The SMILES string of the molecule is C.CC(C)c1nnnn1-c1cc(C(=O)O)cc(-c2ccc(Cl)cn2)c1.COC(=O)c1cc(-c2ccc(Cl)cn2)cc(-n2nnnc2C(C)C)c1.COC(=O)c1cc(N)cc(-c2ccc(Cl)cn2)c1.COC(=O)c1cc(NC(=O)C(C)C)cc(-c2ccc(Cl)cn2)c1.Cc1cnc(CCC(=O)c2cc(-c3ccc(Cl)cn3)cc(-n3nnnc3C(C)C)c2)cn1.Cc1cnc(CN)cn1.[Li+].[N-]=[N+]=[N-].[Na+].[OH-]. The van der Waals surface area contributed by atoms with Crippen molar-refractivity contribution in [3.8, 4) is 73.3 Å². The van der Waals surface area contributed by atoms with E-state index < -0.39 is 23.9 Å². The molecular formula is C93H94Cl5LiN27NaO11. The number of anilines is 2. The van der Waals surface area contributed by atoms with Crippen molar-refractivity contribution in [2.45, 2.75) is 114 Å². The summed E-state index contributed by atoms with van der Waals surface area (Å²) in [6.07, 6.45) is 15.3. The Morgan fingerprint density at radius 3 is 1.05 bits per heavy atom. The summed E-state index contributed by atoms with van der Waals surface area (Å²) in [5.74, 6) is -0.356. The number of nitrogens with two attached hydrogens (primary N) is 2. The maximum absolute atomic E-state index is 13.1. The minimum atomic E-state index is -1.04. The number of carboxylic acid groups (broad SMARTS) is 1. The fraction of sp³-hybridized carbons (Fsp3) is 0.226. The number of nitrogens with zero attached hydrogens (tertiary/aromatic N) is 24. The number of esters is 3. The van der Waals surface area contributed by atoms with E-state index in [1.807, 2.05) is 85.7 Å². The van der Waals surface area contributed by atoms with Crippen LogP contribution in [0.15, 0.2) is 207 Å². The molecule has 0 aliphatic heterocycles. The molecule has 704 valence electrons. The number of aryl methyl sites for hydroxylation is 3. The minimum absolute atomic E-state index is 0. The van der Waals surface area contributed by atoms with E-state index in [-0.39, 0.29) is 102 Å². The van der Waals surface area contributed by atoms with Crippen molar-refractivity contribution in [3.05, 3.63) is 317 Å². The summed E-state index contributed by atoms with van der Waals surface area (Å²) < 4.78 is 19.1. The molecule has 1 amide bonds. The molecule has 5 aromatic carbocycles. The zero-order chi connectivity index (χ0) is 97.4. The second kappa shape index (κ2) is 56.1. The standard InChI is InChI=1S/C23H22ClN7O.C17H16ClN5O2.C17H17ClN2O3.C16H14ClN5O2.C13H11ClN2O2.C6H9N3.CH4.Li.N3.Na.H2O/c1-14(2)23-28-29-30-31(23)20-9-16(21-6-4-18(24)12-27-21)8-17(10-20)22(32)7-5-19-13-25-15(3)11-26-19;1-10(2)16-20-21-22-23(16)14-7-11(6-12(8-14)17(24)25-3)15-5-4-13(18)9-19-15;1-10(2)16(21)20-14-7-11(6-12(8-14)17(22)23-3)15-5-4-13(18)9-19-15;1-9(2)15-19-20-21-22(15)13-6-10(5-11(7-13)16(23)24)14-4-3-12(17)8-18-14;1-18-13(17)9-4-8(5-11(15)6-9)12-3-2-10(14)7-16-12;1-5-3-9-6(2-7)4-8-5;;;1-3-2;;/h4,6,8-14H,5,7H2,1-3H3;4-10H,1-3H3;4-10H,1-3H3,(H,20,21);3-9H,1-2H3,(H,23,24);2-7H,15H2,1H3;3-4H,2,7H2,1H3;1H4;;;;1H2/q;;;;;;;+1;-1;+1;/p-1. The number of aromatic carboxylic acids is 1. The smallest absolute Gasteiger partial charge is 0.870 e. The number of methoxy groups -OCH3 is 3. The van der Waals surface area contributed by atoms with E-state index in [0.29, 0.717) is 152 Å². The molecule has 7 N–H and O–H groups in total. The number of rotatable bonds is 22. The van der Waals surface area contributed by atoms with Crippen molar-refractivity contribution in [3.63, 3.8) is 0 Å². The van der Waals surface area contributed by atoms with Gasteiger partial charge in [0.25, 0.3) is 0 Å². The van der Waals surface area contributed by atoms with Gasteiger partial charge in [-0.05, 0) is 203 Å². The first kappa shape index (κ1) is 115. The van der Waals surface area contributed by atoms with Gasteiger partial charge in [0.15, 0.2) is 23.3 Å². The van der Waals surface area contributed by atoms with Crippen LogP contribution in [0.4, 0.5) is 11.4 Å². The second-order valence-electron chi connectivity index (χ2n) is 30.0. The molecule has 138 heavy (non-hydrogen) atoms. The average molecular weight is 1970 g/mol. The summed E-state index contributed by atoms with van der Waals surface area (Å²) in [5.41, 5.74) is 39.6. The van der Waals surface area contributed by atoms with Crippen molar-refractivity contribution >= 4 is 105 Å². The Bertz CT molecular complexity index is 6590. The van der Waals surface area contributed by atoms with E-state index >= 15 is 0 Å². The Labute approximate surface area is 853 Å². The number of ketones is 1. The Morgan fingerprint density at radius 2 is 0.739 bits per heavy atom. The van der Waals surface area contributed by atoms with Crippen molar-refractivity contribution in [2.24, 2.45) is 11.7 Å². The molecule has 10 heterocycles. The third-order valence-electron chi connectivity index (χ3n) is 18.6. The van der Waals surface area contributed by atoms with Crippen molar-refractivity contribution in [1.29, 1.82) is 0 Å². The Balaban J connectivity index is 0.000000296. The van der Waals surface area contributed by atoms with Gasteiger partial charge in [0.1, 0.15) is 0 Å². The first-order chi connectivity index (χ1) is 64.1. The molecule has 0 radical (unpaired) electrons. The van der Waals surface area contributed by atoms with E-state index in [4.69, 9.17) is 90.0 Å². The molecule has 0 atom stereocenters. The molecule has 0 aliphatic carbocycles. The van der Waals surface area contributed by atoms with Gasteiger partial charge in [0, 0.05) is 137 Å². The van der Waals surface area contributed by atoms with Crippen LogP contribution in [0.5, 0.6) is 0 Å². The fourth-order valence-electron chi connectivity index (χ4n) is 12.0. The molecule has 0 unspecified atom stereocenters. The number of hydrogen-bond donors (Lipinski definition) is 4. The average Bonchev–Trinajstić information content (AvgIpc) is 1.60. The Morgan fingerprint density at radius 1 is 0.428 bits per heavy atom. The van der Waals surface area contributed by atoms with Crippen LogP contribution in [0, 0.1) is 19.8 Å². The van der Waals surface area contributed by atoms with Crippen molar-refractivity contribution < 1.29 is 102 Å². The van der Waals surface area contributed by atoms with Crippen molar-refractivity contribution in [1.82, 2.24) is 105 Å². The predicted molar refractivity (Wildman–Crippen MR) is 516 cm³/mol. The van der Waals surface area contributed by atoms with Gasteiger partial charge >= 0.3 is 72.3 Å². The van der Waals surface area contributed by atoms with Gasteiger partial charge in [-0.3, -0.25) is 59.4 Å². The summed E-state index contributed by atoms with van der Waals surface area (Å²) in [6.45, 7) is 19.8. The Kier molecular flexibility index (Phi) is 46.7. The largest absolute Gasteiger partial charge is 1.00 e. The number of carbonyl (C=O) groups is 6. The molecule has 0 fully saturated rings. The van der Waals surface area contributed by atoms with Crippen LogP contribution in [0.3, 0.4) is 0 Å². The summed E-state index contributed by atoms with van der Waals surface area (Å²) in [5, 5.41) is 50.5. The first-order valence-corrected chi connectivity index (χ1v) is 42.5. The van der Waals surface area contributed by atoms with Crippen LogP contribution < -0.4 is 65.2 Å². The van der Waals surface area contributed by atoms with Crippen LogP contribution in [-0.4, -0.2) is 173 Å². The van der Waals surface area contributed by atoms with Gasteiger partial charge in [0.2, 0.25) is 5.91 Å². The number of carboxylic acids is 1. The number of halogens is 5. The summed E-state index contributed by atoms with van der Waals surface area (Å²) in [6, 6.07) is 43.2. The van der Waals surface area contributed by atoms with Crippen LogP contribution in [0.25, 0.3) is 89.3 Å².